The van der Waals surface area contributed by atoms with Crippen LogP contribution in [0, 0.1) is 17.8 Å². The Morgan fingerprint density at radius 3 is 2.39 bits per heavy atom. The normalized spacial score (nSPS) is 27.7. The number of aliphatic hydroxyl groups is 2. The second kappa shape index (κ2) is 10.4. The molecule has 2 aliphatic rings. The minimum Gasteiger partial charge on any atom is -0.465 e. The number of esters is 1. The van der Waals surface area contributed by atoms with E-state index in [2.05, 4.69) is 72.7 Å². The Kier molecular flexibility index (Phi) is 7.91. The van der Waals surface area contributed by atoms with Crippen LogP contribution in [0.15, 0.2) is 36.4 Å². The molecule has 5 unspecified atom stereocenters. The predicted octanol–water partition coefficient (Wildman–Crippen LogP) is 7.22. The number of methoxy groups -OCH3 is 1. The van der Waals surface area contributed by atoms with E-state index in [0.29, 0.717) is 12.0 Å². The number of carbonyl (C=O) groups is 1. The van der Waals surface area contributed by atoms with E-state index in [1.54, 1.807) is 0 Å². The molecule has 2 N–H and O–H groups in total. The molecule has 0 fully saturated rings. The molecule has 0 aromatic heterocycles. The molecule has 4 heteroatoms. The first-order chi connectivity index (χ1) is 17.7. The van der Waals surface area contributed by atoms with Crippen LogP contribution in [0.25, 0.3) is 0 Å². The lowest BCUT2D eigenvalue weighted by atomic mass is 9.57. The SMILES string of the molecule is COC(=O)c1ccc2c(c1)C(C(C)(C)C)C(O)CC2(C)CCC(C)(C)C1c2cccc(C)c2CCCC1O. The van der Waals surface area contributed by atoms with Gasteiger partial charge in [0.05, 0.1) is 24.9 Å². The van der Waals surface area contributed by atoms with E-state index in [1.165, 1.54) is 29.4 Å². The lowest BCUT2D eigenvalue weighted by Crippen LogP contribution is -2.43. The number of fused-ring (bicyclic) bond motifs is 2. The van der Waals surface area contributed by atoms with Crippen LogP contribution in [0.2, 0.25) is 0 Å². The van der Waals surface area contributed by atoms with Gasteiger partial charge in [0.25, 0.3) is 0 Å². The summed E-state index contributed by atoms with van der Waals surface area (Å²) < 4.78 is 5.02. The topological polar surface area (TPSA) is 66.8 Å². The molecule has 0 heterocycles. The average Bonchev–Trinajstić information content (AvgIpc) is 3.00. The van der Waals surface area contributed by atoms with Crippen LogP contribution < -0.4 is 0 Å². The average molecular weight is 521 g/mol. The quantitative estimate of drug-likeness (QED) is 0.323. The fourth-order valence-corrected chi connectivity index (χ4v) is 7.71. The lowest BCUT2D eigenvalue weighted by Gasteiger charge is -2.48. The second-order valence-electron chi connectivity index (χ2n) is 14.0. The Morgan fingerprint density at radius 2 is 1.74 bits per heavy atom. The molecule has 0 aliphatic heterocycles. The summed E-state index contributed by atoms with van der Waals surface area (Å²) in [6, 6.07) is 12.5. The molecule has 208 valence electrons. The minimum atomic E-state index is -0.504. The monoisotopic (exact) mass is 520 g/mol. The first kappa shape index (κ1) is 28.8. The van der Waals surface area contributed by atoms with Gasteiger partial charge in [-0.05, 0) is 102 Å². The summed E-state index contributed by atoms with van der Waals surface area (Å²) in [7, 11) is 1.41. The summed E-state index contributed by atoms with van der Waals surface area (Å²) in [5.41, 5.74) is 6.34. The molecule has 0 spiro atoms. The number of aryl methyl sites for hydroxylation is 1. The third-order valence-corrected chi connectivity index (χ3v) is 9.69. The molecule has 2 aromatic rings. The van der Waals surface area contributed by atoms with Gasteiger partial charge in [-0.15, -0.1) is 0 Å². The van der Waals surface area contributed by atoms with Gasteiger partial charge in [-0.1, -0.05) is 65.8 Å². The van der Waals surface area contributed by atoms with Crippen molar-refractivity contribution in [1.29, 1.82) is 0 Å². The molecular formula is C34H48O4. The van der Waals surface area contributed by atoms with Crippen molar-refractivity contribution < 1.29 is 19.7 Å². The third-order valence-electron chi connectivity index (χ3n) is 9.69. The van der Waals surface area contributed by atoms with Crippen LogP contribution in [0.5, 0.6) is 0 Å². The van der Waals surface area contributed by atoms with E-state index in [1.807, 2.05) is 12.1 Å². The van der Waals surface area contributed by atoms with E-state index >= 15 is 0 Å². The fourth-order valence-electron chi connectivity index (χ4n) is 7.71. The Balaban J connectivity index is 1.71. The molecule has 0 saturated heterocycles. The minimum absolute atomic E-state index is 0.0678. The molecule has 38 heavy (non-hydrogen) atoms. The largest absolute Gasteiger partial charge is 0.465 e. The van der Waals surface area contributed by atoms with Gasteiger partial charge >= 0.3 is 5.97 Å². The Labute approximate surface area is 229 Å². The Morgan fingerprint density at radius 1 is 1.03 bits per heavy atom. The highest BCUT2D eigenvalue weighted by Gasteiger charge is 2.47. The zero-order valence-corrected chi connectivity index (χ0v) is 24.7. The van der Waals surface area contributed by atoms with Crippen molar-refractivity contribution in [3.63, 3.8) is 0 Å². The van der Waals surface area contributed by atoms with Crippen molar-refractivity contribution in [1.82, 2.24) is 0 Å². The van der Waals surface area contributed by atoms with Crippen LogP contribution >= 0.6 is 0 Å². The van der Waals surface area contributed by atoms with Crippen LogP contribution in [-0.4, -0.2) is 35.5 Å². The predicted molar refractivity (Wildman–Crippen MR) is 154 cm³/mol. The smallest absolute Gasteiger partial charge is 0.337 e. The molecule has 4 rings (SSSR count). The van der Waals surface area contributed by atoms with Gasteiger partial charge in [0.15, 0.2) is 0 Å². The Bertz CT molecular complexity index is 1170. The van der Waals surface area contributed by atoms with Gasteiger partial charge in [0, 0.05) is 11.8 Å². The summed E-state index contributed by atoms with van der Waals surface area (Å²) >= 11 is 0. The zero-order valence-electron chi connectivity index (χ0n) is 24.7. The maximum absolute atomic E-state index is 12.4. The van der Waals surface area contributed by atoms with Gasteiger partial charge in [0.2, 0.25) is 0 Å². The van der Waals surface area contributed by atoms with E-state index < -0.39 is 6.10 Å². The molecule has 2 aromatic carbocycles. The summed E-state index contributed by atoms with van der Waals surface area (Å²) in [6.07, 6.45) is 4.49. The van der Waals surface area contributed by atoms with Crippen LogP contribution in [0.4, 0.5) is 0 Å². The van der Waals surface area contributed by atoms with Gasteiger partial charge in [-0.2, -0.15) is 0 Å². The highest BCUT2D eigenvalue weighted by Crippen LogP contribution is 2.54. The first-order valence-corrected chi connectivity index (χ1v) is 14.4. The highest BCUT2D eigenvalue weighted by molar-refractivity contribution is 5.89. The van der Waals surface area contributed by atoms with Gasteiger partial charge in [-0.3, -0.25) is 0 Å². The number of rotatable bonds is 5. The molecule has 0 radical (unpaired) electrons. The maximum atomic E-state index is 12.4. The molecule has 2 aliphatic carbocycles. The van der Waals surface area contributed by atoms with Crippen LogP contribution in [0.3, 0.4) is 0 Å². The number of benzene rings is 2. The molecule has 0 saturated carbocycles. The number of hydrogen-bond acceptors (Lipinski definition) is 4. The van der Waals surface area contributed by atoms with Crippen LogP contribution in [0.1, 0.15) is 124 Å². The Hall–Kier alpha value is -2.17. The zero-order chi connectivity index (χ0) is 28.0. The molecular weight excluding hydrogens is 472 g/mol. The summed E-state index contributed by atoms with van der Waals surface area (Å²) in [6.45, 7) is 15.6. The third kappa shape index (κ3) is 5.31. The van der Waals surface area contributed by atoms with Gasteiger partial charge in [-0.25, -0.2) is 4.79 Å². The van der Waals surface area contributed by atoms with E-state index in [0.717, 1.165) is 37.7 Å². The number of aliphatic hydroxyl groups excluding tert-OH is 2. The number of carbonyl (C=O) groups excluding carboxylic acids is 1. The standard InChI is InChI=1S/C34H48O4/c1-21-11-9-13-24-23(21)12-10-14-27(35)30(24)33(5,6)17-18-34(7)20-28(36)29(32(2,3)4)25-19-22(31(37)38-8)15-16-26(25)34/h9,11,13,15-16,19,27-30,35-36H,10,12,14,17-18,20H2,1-8H3. The van der Waals surface area contributed by atoms with E-state index in [4.69, 9.17) is 4.74 Å². The van der Waals surface area contributed by atoms with Crippen molar-refractivity contribution in [2.45, 2.75) is 116 Å². The summed E-state index contributed by atoms with van der Waals surface area (Å²) in [5, 5.41) is 22.9. The van der Waals surface area contributed by atoms with Crippen molar-refractivity contribution in [3.8, 4) is 0 Å². The maximum Gasteiger partial charge on any atom is 0.337 e. The number of hydrogen-bond donors (Lipinski definition) is 2. The molecule has 0 bridgehead atoms. The van der Waals surface area contributed by atoms with E-state index in [9.17, 15) is 15.0 Å². The van der Waals surface area contributed by atoms with Crippen LogP contribution in [-0.2, 0) is 16.6 Å². The second-order valence-corrected chi connectivity index (χ2v) is 14.0. The van der Waals surface area contributed by atoms with E-state index in [-0.39, 0.29) is 40.2 Å². The summed E-state index contributed by atoms with van der Waals surface area (Å²) in [4.78, 5) is 12.4. The molecule has 5 atom stereocenters. The van der Waals surface area contributed by atoms with Gasteiger partial charge < -0.3 is 14.9 Å². The first-order valence-electron chi connectivity index (χ1n) is 14.4. The summed E-state index contributed by atoms with van der Waals surface area (Å²) in [5.74, 6) is -0.345. The lowest BCUT2D eigenvalue weighted by molar-refractivity contribution is 0.0368. The van der Waals surface area contributed by atoms with Crippen molar-refractivity contribution in [3.05, 3.63) is 69.8 Å². The van der Waals surface area contributed by atoms with Crippen molar-refractivity contribution >= 4 is 5.97 Å². The highest BCUT2D eigenvalue weighted by atomic mass is 16.5. The van der Waals surface area contributed by atoms with Crippen molar-refractivity contribution in [2.24, 2.45) is 10.8 Å². The fraction of sp³-hybridized carbons (Fsp3) is 0.618. The van der Waals surface area contributed by atoms with Gasteiger partial charge in [0.1, 0.15) is 0 Å². The molecule has 4 nitrogen and oxygen atoms in total. The number of ether oxygens (including phenoxy) is 1. The molecule has 0 amide bonds. The van der Waals surface area contributed by atoms with Crippen molar-refractivity contribution in [2.75, 3.05) is 7.11 Å².